The SMILES string of the molecule is Nc1cccc(O)c1CNc1cccc(C(F)(F)F)c1. The molecule has 0 aliphatic rings. The first-order valence-corrected chi connectivity index (χ1v) is 5.85. The van der Waals surface area contributed by atoms with Crippen molar-refractivity contribution in [2.45, 2.75) is 12.7 Å². The van der Waals surface area contributed by atoms with Gasteiger partial charge >= 0.3 is 6.18 Å². The first-order valence-electron chi connectivity index (χ1n) is 5.85. The molecule has 0 bridgehead atoms. The van der Waals surface area contributed by atoms with Crippen LogP contribution < -0.4 is 11.1 Å². The summed E-state index contributed by atoms with van der Waals surface area (Å²) in [4.78, 5) is 0. The largest absolute Gasteiger partial charge is 0.508 e. The number of benzene rings is 2. The molecular weight excluding hydrogens is 269 g/mol. The molecular formula is C14H13F3N2O. The number of halogens is 3. The number of phenolic OH excluding ortho intramolecular Hbond substituents is 1. The third-order valence-corrected chi connectivity index (χ3v) is 2.85. The lowest BCUT2D eigenvalue weighted by Gasteiger charge is -2.12. The van der Waals surface area contributed by atoms with Crippen molar-refractivity contribution >= 4 is 11.4 Å². The van der Waals surface area contributed by atoms with Crippen molar-refractivity contribution in [1.29, 1.82) is 0 Å². The third kappa shape index (κ3) is 3.14. The summed E-state index contributed by atoms with van der Waals surface area (Å²) in [7, 11) is 0. The van der Waals surface area contributed by atoms with Crippen LogP contribution in [0.5, 0.6) is 5.75 Å². The number of alkyl halides is 3. The number of nitrogen functional groups attached to an aromatic ring is 1. The molecule has 0 amide bonds. The normalized spacial score (nSPS) is 11.3. The fourth-order valence-electron chi connectivity index (χ4n) is 1.78. The van der Waals surface area contributed by atoms with Crippen molar-refractivity contribution in [3.8, 4) is 5.75 Å². The maximum Gasteiger partial charge on any atom is 0.416 e. The van der Waals surface area contributed by atoms with Crippen molar-refractivity contribution in [2.75, 3.05) is 11.1 Å². The Morgan fingerprint density at radius 3 is 2.45 bits per heavy atom. The first kappa shape index (κ1) is 14.0. The highest BCUT2D eigenvalue weighted by Crippen LogP contribution is 2.31. The fourth-order valence-corrected chi connectivity index (χ4v) is 1.78. The fraction of sp³-hybridized carbons (Fsp3) is 0.143. The van der Waals surface area contributed by atoms with Gasteiger partial charge in [0, 0.05) is 23.5 Å². The zero-order chi connectivity index (χ0) is 14.8. The van der Waals surface area contributed by atoms with Gasteiger partial charge in [-0.2, -0.15) is 13.2 Å². The Bertz CT molecular complexity index is 591. The lowest BCUT2D eigenvalue weighted by molar-refractivity contribution is -0.137. The number of hydrogen-bond donors (Lipinski definition) is 3. The van der Waals surface area contributed by atoms with Crippen LogP contribution in [0.1, 0.15) is 11.1 Å². The second-order valence-electron chi connectivity index (χ2n) is 4.28. The van der Waals surface area contributed by atoms with Crippen molar-refractivity contribution in [2.24, 2.45) is 0 Å². The van der Waals surface area contributed by atoms with Crippen LogP contribution in [0.15, 0.2) is 42.5 Å². The zero-order valence-electron chi connectivity index (χ0n) is 10.4. The molecule has 106 valence electrons. The molecule has 2 rings (SSSR count). The number of hydrogen-bond acceptors (Lipinski definition) is 3. The highest BCUT2D eigenvalue weighted by molar-refractivity contribution is 5.56. The van der Waals surface area contributed by atoms with Crippen LogP contribution in [0, 0.1) is 0 Å². The Labute approximate surface area is 113 Å². The zero-order valence-corrected chi connectivity index (χ0v) is 10.4. The summed E-state index contributed by atoms with van der Waals surface area (Å²) in [6.07, 6.45) is -4.38. The smallest absolute Gasteiger partial charge is 0.416 e. The van der Waals surface area contributed by atoms with Gasteiger partial charge in [-0.1, -0.05) is 12.1 Å². The molecule has 0 unspecified atom stereocenters. The molecule has 0 fully saturated rings. The highest BCUT2D eigenvalue weighted by atomic mass is 19.4. The Morgan fingerprint density at radius 1 is 1.10 bits per heavy atom. The van der Waals surface area contributed by atoms with E-state index in [1.807, 2.05) is 0 Å². The maximum atomic E-state index is 12.6. The van der Waals surface area contributed by atoms with E-state index >= 15 is 0 Å². The van der Waals surface area contributed by atoms with Crippen LogP contribution >= 0.6 is 0 Å². The summed E-state index contributed by atoms with van der Waals surface area (Å²) in [5, 5.41) is 12.5. The van der Waals surface area contributed by atoms with Gasteiger partial charge in [0.25, 0.3) is 0 Å². The molecule has 2 aromatic carbocycles. The van der Waals surface area contributed by atoms with Crippen LogP contribution in [0.2, 0.25) is 0 Å². The van der Waals surface area contributed by atoms with E-state index in [-0.39, 0.29) is 12.3 Å². The second kappa shape index (κ2) is 5.32. The number of phenols is 1. The molecule has 0 aliphatic carbocycles. The van der Waals surface area contributed by atoms with Crippen molar-refractivity contribution in [3.63, 3.8) is 0 Å². The van der Waals surface area contributed by atoms with Crippen LogP contribution in [-0.4, -0.2) is 5.11 Å². The number of anilines is 2. The lowest BCUT2D eigenvalue weighted by Crippen LogP contribution is -2.07. The van der Waals surface area contributed by atoms with E-state index in [9.17, 15) is 18.3 Å². The van der Waals surface area contributed by atoms with E-state index < -0.39 is 11.7 Å². The van der Waals surface area contributed by atoms with E-state index in [4.69, 9.17) is 5.73 Å². The molecule has 0 radical (unpaired) electrons. The van der Waals surface area contributed by atoms with E-state index in [0.29, 0.717) is 16.9 Å². The van der Waals surface area contributed by atoms with Gasteiger partial charge < -0.3 is 16.2 Å². The Hall–Kier alpha value is -2.37. The summed E-state index contributed by atoms with van der Waals surface area (Å²) in [5.74, 6) is 0.00414. The predicted molar refractivity (Wildman–Crippen MR) is 71.3 cm³/mol. The minimum absolute atomic E-state index is 0.00414. The van der Waals surface area contributed by atoms with Crippen molar-refractivity contribution < 1.29 is 18.3 Å². The summed E-state index contributed by atoms with van der Waals surface area (Å²) in [6.45, 7) is 0.139. The van der Waals surface area contributed by atoms with Gasteiger partial charge in [-0.25, -0.2) is 0 Å². The number of nitrogens with two attached hydrogens (primary N) is 1. The Morgan fingerprint density at radius 2 is 1.80 bits per heavy atom. The van der Waals surface area contributed by atoms with Gasteiger partial charge in [-0.05, 0) is 30.3 Å². The molecule has 0 saturated heterocycles. The number of aromatic hydroxyl groups is 1. The van der Waals surface area contributed by atoms with Crippen LogP contribution in [-0.2, 0) is 12.7 Å². The molecule has 3 nitrogen and oxygen atoms in total. The summed E-state index contributed by atoms with van der Waals surface area (Å²) < 4.78 is 37.7. The maximum absolute atomic E-state index is 12.6. The van der Waals surface area contributed by atoms with Gasteiger partial charge in [0.1, 0.15) is 5.75 Å². The molecule has 0 spiro atoms. The Kier molecular flexibility index (Phi) is 3.74. The molecule has 0 saturated carbocycles. The van der Waals surface area contributed by atoms with Crippen LogP contribution in [0.25, 0.3) is 0 Å². The second-order valence-corrected chi connectivity index (χ2v) is 4.28. The predicted octanol–water partition coefficient (Wildman–Crippen LogP) is 3.61. The van der Waals surface area contributed by atoms with E-state index in [1.165, 1.54) is 18.2 Å². The van der Waals surface area contributed by atoms with Gasteiger partial charge in [-0.15, -0.1) is 0 Å². The van der Waals surface area contributed by atoms with E-state index in [1.54, 1.807) is 12.1 Å². The average molecular weight is 282 g/mol. The minimum atomic E-state index is -4.38. The standard InChI is InChI=1S/C14H13F3N2O/c15-14(16,17)9-3-1-4-10(7-9)19-8-11-12(18)5-2-6-13(11)20/h1-7,19-20H,8,18H2. The third-order valence-electron chi connectivity index (χ3n) is 2.85. The van der Waals surface area contributed by atoms with E-state index in [2.05, 4.69) is 5.32 Å². The molecule has 0 atom stereocenters. The molecule has 0 aliphatic heterocycles. The topological polar surface area (TPSA) is 58.3 Å². The molecule has 0 aromatic heterocycles. The summed E-state index contributed by atoms with van der Waals surface area (Å²) in [6, 6.07) is 9.53. The molecule has 2 aromatic rings. The van der Waals surface area contributed by atoms with Crippen molar-refractivity contribution in [1.82, 2.24) is 0 Å². The summed E-state index contributed by atoms with van der Waals surface area (Å²) >= 11 is 0. The quantitative estimate of drug-likeness (QED) is 0.754. The molecule has 6 heteroatoms. The van der Waals surface area contributed by atoms with E-state index in [0.717, 1.165) is 12.1 Å². The molecule has 0 heterocycles. The summed E-state index contributed by atoms with van der Waals surface area (Å²) in [5.41, 5.74) is 6.11. The average Bonchev–Trinajstić information content (AvgIpc) is 2.37. The van der Waals surface area contributed by atoms with Gasteiger partial charge in [0.15, 0.2) is 0 Å². The number of rotatable bonds is 3. The van der Waals surface area contributed by atoms with Gasteiger partial charge in [-0.3, -0.25) is 0 Å². The van der Waals surface area contributed by atoms with Crippen LogP contribution in [0.4, 0.5) is 24.5 Å². The van der Waals surface area contributed by atoms with Gasteiger partial charge in [0.05, 0.1) is 5.56 Å². The first-order chi connectivity index (χ1) is 9.38. The number of nitrogens with one attached hydrogen (secondary N) is 1. The molecule has 20 heavy (non-hydrogen) atoms. The Balaban J connectivity index is 2.16. The lowest BCUT2D eigenvalue weighted by atomic mass is 10.1. The molecule has 4 N–H and O–H groups in total. The minimum Gasteiger partial charge on any atom is -0.508 e. The van der Waals surface area contributed by atoms with Gasteiger partial charge in [0.2, 0.25) is 0 Å². The van der Waals surface area contributed by atoms with Crippen LogP contribution in [0.3, 0.4) is 0 Å². The monoisotopic (exact) mass is 282 g/mol. The van der Waals surface area contributed by atoms with Crippen molar-refractivity contribution in [3.05, 3.63) is 53.6 Å². The highest BCUT2D eigenvalue weighted by Gasteiger charge is 2.30.